The maximum absolute atomic E-state index is 11.7. The highest BCUT2D eigenvalue weighted by Gasteiger charge is 2.22. The van der Waals surface area contributed by atoms with Gasteiger partial charge in [-0.15, -0.1) is 0 Å². The van der Waals surface area contributed by atoms with Crippen LogP contribution in [0.1, 0.15) is 28.4 Å². The van der Waals surface area contributed by atoms with Gasteiger partial charge in [0.2, 0.25) is 0 Å². The summed E-state index contributed by atoms with van der Waals surface area (Å²) in [4.78, 5) is 11.7. The van der Waals surface area contributed by atoms with E-state index in [1.165, 1.54) is 0 Å². The number of nitrogens with one attached hydrogen (secondary N) is 1. The van der Waals surface area contributed by atoms with Crippen LogP contribution >= 0.6 is 0 Å². The molecule has 2 atom stereocenters. The van der Waals surface area contributed by atoms with Gasteiger partial charge in [0, 0.05) is 6.54 Å². The van der Waals surface area contributed by atoms with Crippen LogP contribution in [-0.4, -0.2) is 29.0 Å². The second kappa shape index (κ2) is 8.47. The highest BCUT2D eigenvalue weighted by atomic mass is 16.5. The predicted molar refractivity (Wildman–Crippen MR) is 91.5 cm³/mol. The molecule has 3 N–H and O–H groups in total. The number of carbonyl (C=O) groups excluding carboxylic acids is 1. The molecule has 0 heterocycles. The van der Waals surface area contributed by atoms with Gasteiger partial charge in [0.05, 0.1) is 0 Å². The van der Waals surface area contributed by atoms with Crippen LogP contribution in [0.3, 0.4) is 0 Å². The predicted octanol–water partition coefficient (Wildman–Crippen LogP) is 2.62. The molecule has 0 fully saturated rings. The van der Waals surface area contributed by atoms with Crippen LogP contribution in [-0.2, 0) is 11.3 Å². The standard InChI is InChI=1S/C19H23NO4/c1-13-7-6-8-14(2)17(13)18(22)16(21)11-20-19(23)24-12-15-9-4-3-5-10-15/h3-10,16,18,21-22H,11-12H2,1-2H3,(H,20,23). The fourth-order valence-corrected chi connectivity index (χ4v) is 2.56. The lowest BCUT2D eigenvalue weighted by Gasteiger charge is -2.22. The first-order valence-corrected chi connectivity index (χ1v) is 7.86. The van der Waals surface area contributed by atoms with E-state index in [1.807, 2.05) is 62.4 Å². The number of aliphatic hydroxyl groups is 2. The number of carbonyl (C=O) groups is 1. The highest BCUT2D eigenvalue weighted by Crippen LogP contribution is 2.24. The van der Waals surface area contributed by atoms with Crippen molar-refractivity contribution in [2.45, 2.75) is 32.7 Å². The molecule has 2 aromatic rings. The minimum Gasteiger partial charge on any atom is -0.445 e. The van der Waals surface area contributed by atoms with Crippen molar-refractivity contribution in [2.24, 2.45) is 0 Å². The molecule has 2 unspecified atom stereocenters. The van der Waals surface area contributed by atoms with Crippen LogP contribution in [0.2, 0.25) is 0 Å². The molecule has 5 nitrogen and oxygen atoms in total. The monoisotopic (exact) mass is 329 g/mol. The fourth-order valence-electron chi connectivity index (χ4n) is 2.56. The summed E-state index contributed by atoms with van der Waals surface area (Å²) in [6.45, 7) is 3.81. The lowest BCUT2D eigenvalue weighted by atomic mass is 9.95. The van der Waals surface area contributed by atoms with E-state index in [1.54, 1.807) is 0 Å². The quantitative estimate of drug-likeness (QED) is 0.761. The molecule has 0 aliphatic carbocycles. The number of aryl methyl sites for hydroxylation is 2. The largest absolute Gasteiger partial charge is 0.445 e. The lowest BCUT2D eigenvalue weighted by molar-refractivity contribution is 0.0177. The molecule has 1 amide bonds. The Balaban J connectivity index is 1.83. The zero-order valence-corrected chi connectivity index (χ0v) is 13.9. The van der Waals surface area contributed by atoms with Crippen molar-refractivity contribution < 1.29 is 19.7 Å². The third-order valence-electron chi connectivity index (χ3n) is 3.87. The number of alkyl carbamates (subject to hydrolysis) is 1. The zero-order valence-electron chi connectivity index (χ0n) is 13.9. The Kier molecular flexibility index (Phi) is 6.35. The molecular weight excluding hydrogens is 306 g/mol. The minimum absolute atomic E-state index is 0.0947. The third kappa shape index (κ3) is 4.81. The zero-order chi connectivity index (χ0) is 17.5. The fraction of sp³-hybridized carbons (Fsp3) is 0.316. The SMILES string of the molecule is Cc1cccc(C)c1C(O)C(O)CNC(=O)OCc1ccccc1. The Morgan fingerprint density at radius 2 is 1.67 bits per heavy atom. The summed E-state index contributed by atoms with van der Waals surface area (Å²) < 4.78 is 5.07. The van der Waals surface area contributed by atoms with Crippen LogP contribution in [0.5, 0.6) is 0 Å². The summed E-state index contributed by atoms with van der Waals surface area (Å²) in [5.74, 6) is 0. The summed E-state index contributed by atoms with van der Waals surface area (Å²) >= 11 is 0. The van der Waals surface area contributed by atoms with Crippen molar-refractivity contribution in [1.82, 2.24) is 5.32 Å². The van der Waals surface area contributed by atoms with Crippen molar-refractivity contribution in [2.75, 3.05) is 6.54 Å². The van der Waals surface area contributed by atoms with Gasteiger partial charge >= 0.3 is 6.09 Å². The van der Waals surface area contributed by atoms with Crippen molar-refractivity contribution in [3.63, 3.8) is 0 Å². The summed E-state index contributed by atoms with van der Waals surface area (Å²) in [5, 5.41) is 22.9. The topological polar surface area (TPSA) is 78.8 Å². The molecule has 2 rings (SSSR count). The van der Waals surface area contributed by atoms with Crippen LogP contribution in [0.4, 0.5) is 4.79 Å². The summed E-state index contributed by atoms with van der Waals surface area (Å²) in [6, 6.07) is 15.0. The van der Waals surface area contributed by atoms with Crippen molar-refractivity contribution in [3.05, 3.63) is 70.8 Å². The van der Waals surface area contributed by atoms with E-state index < -0.39 is 18.3 Å². The number of ether oxygens (including phenoxy) is 1. The van der Waals surface area contributed by atoms with Gasteiger partial charge in [-0.2, -0.15) is 0 Å². The van der Waals surface area contributed by atoms with E-state index in [-0.39, 0.29) is 13.2 Å². The lowest BCUT2D eigenvalue weighted by Crippen LogP contribution is -2.36. The van der Waals surface area contributed by atoms with Crippen molar-refractivity contribution >= 4 is 6.09 Å². The van der Waals surface area contributed by atoms with Gasteiger partial charge in [-0.05, 0) is 36.1 Å². The first-order valence-electron chi connectivity index (χ1n) is 7.86. The van der Waals surface area contributed by atoms with E-state index in [2.05, 4.69) is 5.32 Å². The number of hydrogen-bond acceptors (Lipinski definition) is 4. The summed E-state index contributed by atoms with van der Waals surface area (Å²) in [6.07, 6.45) is -2.82. The smallest absolute Gasteiger partial charge is 0.407 e. The molecule has 0 aliphatic rings. The van der Waals surface area contributed by atoms with Gasteiger partial charge in [-0.3, -0.25) is 0 Å². The molecule has 5 heteroatoms. The Labute approximate surface area is 141 Å². The number of amides is 1. The Morgan fingerprint density at radius 3 is 2.29 bits per heavy atom. The van der Waals surface area contributed by atoms with E-state index in [4.69, 9.17) is 4.74 Å². The molecule has 0 aromatic heterocycles. The van der Waals surface area contributed by atoms with Gasteiger partial charge in [-0.1, -0.05) is 48.5 Å². The van der Waals surface area contributed by atoms with Crippen LogP contribution in [0.25, 0.3) is 0 Å². The Hall–Kier alpha value is -2.37. The average molecular weight is 329 g/mol. The number of benzene rings is 2. The molecule has 2 aromatic carbocycles. The number of hydrogen-bond donors (Lipinski definition) is 3. The third-order valence-corrected chi connectivity index (χ3v) is 3.87. The van der Waals surface area contributed by atoms with E-state index in [9.17, 15) is 15.0 Å². The van der Waals surface area contributed by atoms with E-state index in [0.717, 1.165) is 16.7 Å². The van der Waals surface area contributed by atoms with Crippen LogP contribution in [0.15, 0.2) is 48.5 Å². The maximum atomic E-state index is 11.7. The first kappa shape index (κ1) is 18.0. The van der Waals surface area contributed by atoms with Crippen molar-refractivity contribution in [3.8, 4) is 0 Å². The highest BCUT2D eigenvalue weighted by molar-refractivity contribution is 5.67. The van der Waals surface area contributed by atoms with Gasteiger partial charge in [0.15, 0.2) is 0 Å². The molecular formula is C19H23NO4. The number of aliphatic hydroxyl groups excluding tert-OH is 2. The van der Waals surface area contributed by atoms with Crippen LogP contribution < -0.4 is 5.32 Å². The molecule has 0 saturated carbocycles. The second-order valence-electron chi connectivity index (χ2n) is 5.76. The Morgan fingerprint density at radius 1 is 1.04 bits per heavy atom. The maximum Gasteiger partial charge on any atom is 0.407 e. The van der Waals surface area contributed by atoms with E-state index >= 15 is 0 Å². The molecule has 24 heavy (non-hydrogen) atoms. The molecule has 0 spiro atoms. The van der Waals surface area contributed by atoms with Crippen molar-refractivity contribution in [1.29, 1.82) is 0 Å². The Bertz CT molecular complexity index is 652. The number of rotatable bonds is 6. The van der Waals surface area contributed by atoms with Gasteiger partial charge in [0.25, 0.3) is 0 Å². The van der Waals surface area contributed by atoms with Gasteiger partial charge < -0.3 is 20.3 Å². The summed E-state index contributed by atoms with van der Waals surface area (Å²) in [5.41, 5.74) is 3.36. The summed E-state index contributed by atoms with van der Waals surface area (Å²) in [7, 11) is 0. The molecule has 0 aliphatic heterocycles. The first-order chi connectivity index (χ1) is 11.5. The van der Waals surface area contributed by atoms with Crippen LogP contribution in [0, 0.1) is 13.8 Å². The normalized spacial score (nSPS) is 13.2. The average Bonchev–Trinajstić information content (AvgIpc) is 2.58. The second-order valence-corrected chi connectivity index (χ2v) is 5.76. The van der Waals surface area contributed by atoms with E-state index in [0.29, 0.717) is 5.56 Å². The minimum atomic E-state index is -1.12. The molecule has 0 bridgehead atoms. The molecule has 0 saturated heterocycles. The van der Waals surface area contributed by atoms with Gasteiger partial charge in [0.1, 0.15) is 18.8 Å². The molecule has 0 radical (unpaired) electrons. The molecule has 128 valence electrons. The van der Waals surface area contributed by atoms with Gasteiger partial charge in [-0.25, -0.2) is 4.79 Å².